The Morgan fingerprint density at radius 3 is 2.89 bits per heavy atom. The lowest BCUT2D eigenvalue weighted by Crippen LogP contribution is -2.39. The highest BCUT2D eigenvalue weighted by atomic mass is 35.5. The van der Waals surface area contributed by atoms with Gasteiger partial charge in [0.25, 0.3) is 5.69 Å². The number of rotatable bonds is 3. The first kappa shape index (κ1) is 13.3. The quantitative estimate of drug-likeness (QED) is 0.675. The van der Waals surface area contributed by atoms with Crippen LogP contribution in [0.3, 0.4) is 0 Å². The van der Waals surface area contributed by atoms with Crippen molar-refractivity contribution in [3.63, 3.8) is 0 Å². The predicted molar refractivity (Wildman–Crippen MR) is 71.7 cm³/mol. The smallest absolute Gasteiger partial charge is 0.272 e. The monoisotopic (exact) mass is 268 g/mol. The minimum atomic E-state index is -0.368. The fraction of sp³-hybridized carbons (Fsp3) is 0.538. The Morgan fingerprint density at radius 2 is 2.33 bits per heavy atom. The molecule has 1 aliphatic carbocycles. The Hall–Kier alpha value is -1.13. The molecule has 0 amide bonds. The van der Waals surface area contributed by atoms with E-state index in [4.69, 9.17) is 17.3 Å². The number of halogens is 1. The molecule has 2 rings (SSSR count). The van der Waals surface area contributed by atoms with Crippen LogP contribution in [0.4, 0.5) is 5.69 Å². The van der Waals surface area contributed by atoms with Gasteiger partial charge in [0.15, 0.2) is 0 Å². The zero-order valence-electron chi connectivity index (χ0n) is 10.4. The topological polar surface area (TPSA) is 69.2 Å². The van der Waals surface area contributed by atoms with Gasteiger partial charge in [-0.1, -0.05) is 18.5 Å². The molecule has 1 aromatic carbocycles. The summed E-state index contributed by atoms with van der Waals surface area (Å²) in [5.41, 5.74) is 6.77. The summed E-state index contributed by atoms with van der Waals surface area (Å²) in [6, 6.07) is 4.67. The molecule has 2 atom stereocenters. The van der Waals surface area contributed by atoms with Gasteiger partial charge in [-0.15, -0.1) is 0 Å². The Kier molecular flexibility index (Phi) is 3.59. The van der Waals surface area contributed by atoms with Gasteiger partial charge in [0, 0.05) is 22.2 Å². The zero-order chi connectivity index (χ0) is 13.3. The van der Waals surface area contributed by atoms with Crippen molar-refractivity contribution >= 4 is 17.3 Å². The van der Waals surface area contributed by atoms with Crippen LogP contribution in [0.5, 0.6) is 0 Å². The highest BCUT2D eigenvalue weighted by molar-refractivity contribution is 6.30. The van der Waals surface area contributed by atoms with Crippen molar-refractivity contribution in [2.24, 2.45) is 11.7 Å². The van der Waals surface area contributed by atoms with Gasteiger partial charge < -0.3 is 5.73 Å². The van der Waals surface area contributed by atoms with Crippen molar-refractivity contribution in [3.05, 3.63) is 38.9 Å². The first-order valence-corrected chi connectivity index (χ1v) is 6.49. The van der Waals surface area contributed by atoms with E-state index in [9.17, 15) is 10.1 Å². The Labute approximate surface area is 111 Å². The summed E-state index contributed by atoms with van der Waals surface area (Å²) in [5, 5.41) is 11.5. The van der Waals surface area contributed by atoms with Gasteiger partial charge in [-0.2, -0.15) is 0 Å². The highest BCUT2D eigenvalue weighted by Crippen LogP contribution is 2.37. The first-order valence-electron chi connectivity index (χ1n) is 6.11. The summed E-state index contributed by atoms with van der Waals surface area (Å²) in [7, 11) is 0. The molecule has 1 fully saturated rings. The van der Waals surface area contributed by atoms with E-state index in [1.54, 1.807) is 12.1 Å². The highest BCUT2D eigenvalue weighted by Gasteiger charge is 2.35. The van der Waals surface area contributed by atoms with E-state index in [1.165, 1.54) is 6.07 Å². The number of nitro groups is 1. The molecule has 4 nitrogen and oxygen atoms in total. The van der Waals surface area contributed by atoms with Gasteiger partial charge in [-0.25, -0.2) is 0 Å². The van der Waals surface area contributed by atoms with Crippen molar-refractivity contribution in [1.82, 2.24) is 0 Å². The molecule has 18 heavy (non-hydrogen) atoms. The normalized spacial score (nSPS) is 27.4. The van der Waals surface area contributed by atoms with E-state index >= 15 is 0 Å². The lowest BCUT2D eigenvalue weighted by atomic mass is 9.89. The van der Waals surface area contributed by atoms with Gasteiger partial charge in [0.2, 0.25) is 0 Å². The van der Waals surface area contributed by atoms with Gasteiger partial charge in [-0.3, -0.25) is 10.1 Å². The zero-order valence-corrected chi connectivity index (χ0v) is 11.1. The number of hydrogen-bond donors (Lipinski definition) is 1. The Bertz CT molecular complexity index is 478. The predicted octanol–water partition coefficient (Wildman–Crippen LogP) is 3.31. The number of benzene rings is 1. The largest absolute Gasteiger partial charge is 0.325 e. The van der Waals surface area contributed by atoms with Gasteiger partial charge in [-0.05, 0) is 43.7 Å². The van der Waals surface area contributed by atoms with Crippen LogP contribution in [0.1, 0.15) is 31.7 Å². The molecular formula is C13H17ClN2O2. The molecule has 0 bridgehead atoms. The molecule has 98 valence electrons. The van der Waals surface area contributed by atoms with E-state index < -0.39 is 0 Å². The SMILES string of the molecule is CC1CCC(N)(Cc2cc(Cl)ccc2[N+](=O)[O-])C1. The van der Waals surface area contributed by atoms with Gasteiger partial charge >= 0.3 is 0 Å². The van der Waals surface area contributed by atoms with Crippen LogP contribution in [-0.2, 0) is 6.42 Å². The second kappa shape index (κ2) is 4.86. The fourth-order valence-corrected chi connectivity index (χ4v) is 3.04. The second-order valence-electron chi connectivity index (χ2n) is 5.42. The lowest BCUT2D eigenvalue weighted by Gasteiger charge is -2.24. The molecule has 2 unspecified atom stereocenters. The molecule has 1 aromatic rings. The summed E-state index contributed by atoms with van der Waals surface area (Å²) in [6.45, 7) is 2.17. The number of nitrogens with zero attached hydrogens (tertiary/aromatic N) is 1. The first-order chi connectivity index (χ1) is 8.39. The van der Waals surface area contributed by atoms with Gasteiger partial charge in [0.1, 0.15) is 0 Å². The number of nitro benzene ring substituents is 1. The summed E-state index contributed by atoms with van der Waals surface area (Å²) in [5.74, 6) is 0.591. The molecule has 2 N–H and O–H groups in total. The maximum absolute atomic E-state index is 11.0. The summed E-state index contributed by atoms with van der Waals surface area (Å²) in [4.78, 5) is 10.6. The maximum atomic E-state index is 11.0. The van der Waals surface area contributed by atoms with Crippen LogP contribution < -0.4 is 5.73 Å². The van der Waals surface area contributed by atoms with Crippen LogP contribution in [0.2, 0.25) is 5.02 Å². The van der Waals surface area contributed by atoms with E-state index in [-0.39, 0.29) is 16.1 Å². The minimum absolute atomic E-state index is 0.115. The number of hydrogen-bond acceptors (Lipinski definition) is 3. The third-order valence-corrected chi connectivity index (χ3v) is 3.91. The van der Waals surface area contributed by atoms with Crippen molar-refractivity contribution < 1.29 is 4.92 Å². The van der Waals surface area contributed by atoms with Crippen molar-refractivity contribution in [2.45, 2.75) is 38.1 Å². The van der Waals surface area contributed by atoms with Gasteiger partial charge in [0.05, 0.1) is 4.92 Å². The van der Waals surface area contributed by atoms with E-state index in [0.717, 1.165) is 19.3 Å². The van der Waals surface area contributed by atoms with Crippen molar-refractivity contribution in [3.8, 4) is 0 Å². The van der Waals surface area contributed by atoms with Crippen molar-refractivity contribution in [1.29, 1.82) is 0 Å². The van der Waals surface area contributed by atoms with Crippen LogP contribution in [-0.4, -0.2) is 10.5 Å². The summed E-state index contributed by atoms with van der Waals surface area (Å²) in [6.07, 6.45) is 3.44. The van der Waals surface area contributed by atoms with Crippen molar-refractivity contribution in [2.75, 3.05) is 0 Å². The second-order valence-corrected chi connectivity index (χ2v) is 5.85. The molecule has 0 radical (unpaired) electrons. The van der Waals surface area contributed by atoms with Crippen LogP contribution in [0.15, 0.2) is 18.2 Å². The van der Waals surface area contributed by atoms with Crippen LogP contribution in [0, 0.1) is 16.0 Å². The third kappa shape index (κ3) is 2.82. The maximum Gasteiger partial charge on any atom is 0.272 e. The lowest BCUT2D eigenvalue weighted by molar-refractivity contribution is -0.385. The molecule has 1 saturated carbocycles. The summed E-state index contributed by atoms with van der Waals surface area (Å²) < 4.78 is 0. The summed E-state index contributed by atoms with van der Waals surface area (Å²) >= 11 is 5.92. The molecule has 0 aromatic heterocycles. The molecule has 0 aliphatic heterocycles. The fourth-order valence-electron chi connectivity index (χ4n) is 2.85. The molecule has 1 aliphatic rings. The Balaban J connectivity index is 2.28. The van der Waals surface area contributed by atoms with E-state index in [2.05, 4.69) is 6.92 Å². The average Bonchev–Trinajstić information content (AvgIpc) is 2.57. The minimum Gasteiger partial charge on any atom is -0.325 e. The molecule has 0 heterocycles. The van der Waals surface area contributed by atoms with Crippen LogP contribution in [0.25, 0.3) is 0 Å². The van der Waals surface area contributed by atoms with E-state index in [1.807, 2.05) is 0 Å². The van der Waals surface area contributed by atoms with Crippen LogP contribution >= 0.6 is 11.6 Å². The average molecular weight is 269 g/mol. The standard InChI is InChI=1S/C13H17ClN2O2/c1-9-4-5-13(15,7-9)8-10-6-11(14)2-3-12(10)16(17)18/h2-3,6,9H,4-5,7-8,15H2,1H3. The molecule has 0 spiro atoms. The number of nitrogens with two attached hydrogens (primary N) is 1. The molecule has 5 heteroatoms. The van der Waals surface area contributed by atoms with E-state index in [0.29, 0.717) is 22.9 Å². The molecular weight excluding hydrogens is 252 g/mol. The molecule has 0 saturated heterocycles. The third-order valence-electron chi connectivity index (χ3n) is 3.67. The Morgan fingerprint density at radius 1 is 1.61 bits per heavy atom.